The number of ketones is 1. The number of hydrogen-bond acceptors (Lipinski definition) is 5. The molecule has 1 aliphatic rings. The van der Waals surface area contributed by atoms with Crippen molar-refractivity contribution in [2.45, 2.75) is 20.4 Å². The van der Waals surface area contributed by atoms with E-state index in [0.717, 1.165) is 24.0 Å². The molecule has 0 spiro atoms. The molecule has 3 rings (SSSR count). The lowest BCUT2D eigenvalue weighted by Gasteiger charge is -2.27. The summed E-state index contributed by atoms with van der Waals surface area (Å²) in [6.07, 6.45) is 0. The van der Waals surface area contributed by atoms with Gasteiger partial charge in [-0.25, -0.2) is 0 Å². The molecule has 0 atom stereocenters. The van der Waals surface area contributed by atoms with Crippen LogP contribution in [-0.4, -0.2) is 42.1 Å². The van der Waals surface area contributed by atoms with E-state index in [2.05, 4.69) is 4.90 Å². The number of carbonyl (C=O) groups excluding carboxylic acids is 1. The first-order chi connectivity index (χ1) is 10.1. The van der Waals surface area contributed by atoms with Gasteiger partial charge < -0.3 is 26.7 Å². The highest BCUT2D eigenvalue weighted by molar-refractivity contribution is 6.08. The average molecular weight is 325 g/mol. The van der Waals surface area contributed by atoms with Gasteiger partial charge in [-0.2, -0.15) is 0 Å². The van der Waals surface area contributed by atoms with E-state index in [1.54, 1.807) is 19.1 Å². The molecule has 0 saturated carbocycles. The van der Waals surface area contributed by atoms with Gasteiger partial charge in [0.1, 0.15) is 17.1 Å². The number of aromatic hydroxyl groups is 1. The zero-order valence-corrected chi connectivity index (χ0v) is 13.4. The van der Waals surface area contributed by atoms with Crippen LogP contribution in [-0.2, 0) is 11.3 Å². The summed E-state index contributed by atoms with van der Waals surface area (Å²) >= 11 is 0. The highest BCUT2D eigenvalue weighted by Gasteiger charge is 2.22. The normalized spacial score (nSPS) is 15.7. The Hall–Kier alpha value is -1.56. The maximum absolute atomic E-state index is 11.9. The molecule has 0 amide bonds. The van der Waals surface area contributed by atoms with Gasteiger partial charge in [0.25, 0.3) is 0 Å². The molecule has 5 nitrogen and oxygen atoms in total. The Labute approximate surface area is 135 Å². The molecular formula is C16H19ClNO4-. The summed E-state index contributed by atoms with van der Waals surface area (Å²) in [6, 6.07) is 3.35. The first kappa shape index (κ1) is 16.8. The summed E-state index contributed by atoms with van der Waals surface area (Å²) in [5, 5.41) is 11.0. The number of rotatable bonds is 3. The highest BCUT2D eigenvalue weighted by atomic mass is 35.5. The van der Waals surface area contributed by atoms with Gasteiger partial charge in [-0.1, -0.05) is 0 Å². The fraction of sp³-hybridized carbons (Fsp3) is 0.438. The fourth-order valence-corrected chi connectivity index (χ4v) is 2.93. The number of halogens is 1. The minimum Gasteiger partial charge on any atom is -1.00 e. The number of ether oxygens (including phenoxy) is 1. The van der Waals surface area contributed by atoms with Crippen LogP contribution in [0.5, 0.6) is 5.75 Å². The Morgan fingerprint density at radius 2 is 2.00 bits per heavy atom. The van der Waals surface area contributed by atoms with Gasteiger partial charge in [-0.15, -0.1) is 0 Å². The van der Waals surface area contributed by atoms with E-state index in [0.29, 0.717) is 36.7 Å². The molecule has 22 heavy (non-hydrogen) atoms. The van der Waals surface area contributed by atoms with Crippen LogP contribution in [0.3, 0.4) is 0 Å². The number of benzene rings is 1. The topological polar surface area (TPSA) is 62.9 Å². The molecule has 1 N–H and O–H groups in total. The Morgan fingerprint density at radius 1 is 1.32 bits per heavy atom. The van der Waals surface area contributed by atoms with Crippen LogP contribution in [0.1, 0.15) is 28.6 Å². The molecule has 1 aliphatic heterocycles. The molecule has 0 unspecified atom stereocenters. The Bertz CT molecular complexity index is 689. The van der Waals surface area contributed by atoms with E-state index in [4.69, 9.17) is 9.15 Å². The number of fused-ring (bicyclic) bond motifs is 1. The van der Waals surface area contributed by atoms with Crippen molar-refractivity contribution in [2.24, 2.45) is 0 Å². The fourth-order valence-electron chi connectivity index (χ4n) is 2.93. The third-order valence-electron chi connectivity index (χ3n) is 3.95. The van der Waals surface area contributed by atoms with E-state index in [1.807, 2.05) is 0 Å². The largest absolute Gasteiger partial charge is 1.00 e. The molecule has 0 radical (unpaired) electrons. The minimum atomic E-state index is -0.0416. The SMILES string of the molecule is CC(=O)c1c(C)oc2ccc(O)c(CN3CCOCC3)c12.[Cl-]. The lowest BCUT2D eigenvalue weighted by Crippen LogP contribution is -3.00. The van der Waals surface area contributed by atoms with Crippen molar-refractivity contribution < 1.29 is 31.5 Å². The quantitative estimate of drug-likeness (QED) is 0.770. The van der Waals surface area contributed by atoms with Gasteiger partial charge in [0, 0.05) is 30.6 Å². The molecule has 6 heteroatoms. The monoisotopic (exact) mass is 324 g/mol. The van der Waals surface area contributed by atoms with Gasteiger partial charge in [-0.3, -0.25) is 9.69 Å². The zero-order chi connectivity index (χ0) is 15.0. The molecule has 0 bridgehead atoms. The highest BCUT2D eigenvalue weighted by Crippen LogP contribution is 2.34. The maximum Gasteiger partial charge on any atom is 0.163 e. The Kier molecular flexibility index (Phi) is 5.11. The van der Waals surface area contributed by atoms with Gasteiger partial charge >= 0.3 is 0 Å². The lowest BCUT2D eigenvalue weighted by molar-refractivity contribution is -0.0000158. The molecule has 1 fully saturated rings. The Balaban J connectivity index is 0.00000176. The van der Waals surface area contributed by atoms with E-state index >= 15 is 0 Å². The summed E-state index contributed by atoms with van der Waals surface area (Å²) in [5.41, 5.74) is 1.99. The van der Waals surface area contributed by atoms with Crippen molar-refractivity contribution in [3.05, 3.63) is 29.0 Å². The van der Waals surface area contributed by atoms with Crippen molar-refractivity contribution in [3.8, 4) is 5.75 Å². The second-order valence-electron chi connectivity index (χ2n) is 5.41. The van der Waals surface area contributed by atoms with Crippen LogP contribution in [0.25, 0.3) is 11.0 Å². The van der Waals surface area contributed by atoms with Crippen molar-refractivity contribution in [2.75, 3.05) is 26.3 Å². The van der Waals surface area contributed by atoms with Crippen LogP contribution in [0.4, 0.5) is 0 Å². The third kappa shape index (κ3) is 2.97. The summed E-state index contributed by atoms with van der Waals surface area (Å²) in [6.45, 7) is 6.93. The standard InChI is InChI=1S/C16H19NO4.ClH/c1-10(18)15-11(2)21-14-4-3-13(19)12(16(14)15)9-17-5-7-20-8-6-17;/h3-4,19H,5-9H2,1-2H3;1H/p-1. The Morgan fingerprint density at radius 3 is 2.64 bits per heavy atom. The summed E-state index contributed by atoms with van der Waals surface area (Å²) in [4.78, 5) is 14.1. The van der Waals surface area contributed by atoms with Gasteiger partial charge in [-0.05, 0) is 26.0 Å². The summed E-state index contributed by atoms with van der Waals surface area (Å²) in [5.74, 6) is 0.767. The number of phenolic OH excluding ortho intramolecular Hbond substituents is 1. The van der Waals surface area contributed by atoms with Gasteiger partial charge in [0.15, 0.2) is 5.78 Å². The van der Waals surface area contributed by atoms with E-state index < -0.39 is 0 Å². The molecule has 0 aliphatic carbocycles. The number of aryl methyl sites for hydroxylation is 1. The molecule has 2 aromatic rings. The third-order valence-corrected chi connectivity index (χ3v) is 3.95. The number of furan rings is 1. The van der Waals surface area contributed by atoms with Crippen LogP contribution in [0.2, 0.25) is 0 Å². The average Bonchev–Trinajstić information content (AvgIpc) is 2.80. The van der Waals surface area contributed by atoms with Crippen molar-refractivity contribution >= 4 is 16.8 Å². The van der Waals surface area contributed by atoms with Crippen molar-refractivity contribution in [1.82, 2.24) is 4.90 Å². The summed E-state index contributed by atoms with van der Waals surface area (Å²) in [7, 11) is 0. The lowest BCUT2D eigenvalue weighted by atomic mass is 10.0. The smallest absolute Gasteiger partial charge is 0.163 e. The van der Waals surface area contributed by atoms with E-state index in [9.17, 15) is 9.90 Å². The second kappa shape index (κ2) is 6.69. The van der Waals surface area contributed by atoms with E-state index in [-0.39, 0.29) is 23.9 Å². The van der Waals surface area contributed by atoms with Gasteiger partial charge in [0.2, 0.25) is 0 Å². The first-order valence-corrected chi connectivity index (χ1v) is 7.13. The minimum absolute atomic E-state index is 0. The zero-order valence-electron chi connectivity index (χ0n) is 12.7. The number of morpholine rings is 1. The molecule has 2 heterocycles. The molecular weight excluding hydrogens is 306 g/mol. The maximum atomic E-state index is 11.9. The predicted octanol–water partition coefficient (Wildman–Crippen LogP) is -0.514. The molecule has 1 aromatic heterocycles. The number of Topliss-reactive ketones (excluding diaryl/α,β-unsaturated/α-hetero) is 1. The number of phenols is 1. The van der Waals surface area contributed by atoms with Crippen molar-refractivity contribution in [3.63, 3.8) is 0 Å². The number of carbonyl (C=O) groups is 1. The number of hydrogen-bond donors (Lipinski definition) is 1. The molecule has 1 aromatic carbocycles. The van der Waals surface area contributed by atoms with Crippen LogP contribution in [0, 0.1) is 6.92 Å². The van der Waals surface area contributed by atoms with Gasteiger partial charge in [0.05, 0.1) is 18.8 Å². The summed E-state index contributed by atoms with van der Waals surface area (Å²) < 4.78 is 11.0. The second-order valence-corrected chi connectivity index (χ2v) is 5.41. The van der Waals surface area contributed by atoms with E-state index in [1.165, 1.54) is 6.92 Å². The van der Waals surface area contributed by atoms with Crippen LogP contribution in [0.15, 0.2) is 16.5 Å². The molecule has 120 valence electrons. The molecule has 1 saturated heterocycles. The van der Waals surface area contributed by atoms with Crippen LogP contribution < -0.4 is 12.4 Å². The predicted molar refractivity (Wildman–Crippen MR) is 78.7 cm³/mol. The van der Waals surface area contributed by atoms with Crippen molar-refractivity contribution in [1.29, 1.82) is 0 Å². The first-order valence-electron chi connectivity index (χ1n) is 7.13. The number of nitrogens with zero attached hydrogens (tertiary/aromatic N) is 1. The van der Waals surface area contributed by atoms with Crippen LogP contribution >= 0.6 is 0 Å².